The average Bonchev–Trinajstić information content (AvgIpc) is 3.44. The highest BCUT2D eigenvalue weighted by Gasteiger charge is 2.28. The molecule has 6 nitrogen and oxygen atoms in total. The Morgan fingerprint density at radius 3 is 2.89 bits per heavy atom. The van der Waals surface area contributed by atoms with Crippen LogP contribution >= 0.6 is 0 Å². The zero-order valence-electron chi connectivity index (χ0n) is 16.5. The molecule has 1 aliphatic heterocycles. The number of amides is 1. The summed E-state index contributed by atoms with van der Waals surface area (Å²) >= 11 is 0. The number of piperidine rings is 1. The van der Waals surface area contributed by atoms with Gasteiger partial charge in [-0.2, -0.15) is 0 Å². The highest BCUT2D eigenvalue weighted by molar-refractivity contribution is 5.68. The lowest BCUT2D eigenvalue weighted by atomic mass is 10.0. The van der Waals surface area contributed by atoms with Gasteiger partial charge in [0.05, 0.1) is 25.9 Å². The number of nitrogens with zero attached hydrogens (tertiary/aromatic N) is 4. The number of methoxy groups -OCH3 is 1. The molecule has 1 saturated carbocycles. The van der Waals surface area contributed by atoms with Crippen LogP contribution in [0.4, 0.5) is 4.79 Å². The first-order valence-corrected chi connectivity index (χ1v) is 10.0. The van der Waals surface area contributed by atoms with Crippen molar-refractivity contribution >= 4 is 6.09 Å². The van der Waals surface area contributed by atoms with Crippen LogP contribution in [0.2, 0.25) is 0 Å². The molecule has 2 heterocycles. The molecule has 0 N–H and O–H groups in total. The van der Waals surface area contributed by atoms with Gasteiger partial charge < -0.3 is 9.64 Å². The molecule has 2 aliphatic rings. The molecule has 6 heteroatoms. The number of hydrogen-bond acceptors (Lipinski definition) is 4. The van der Waals surface area contributed by atoms with Crippen LogP contribution in [-0.2, 0) is 11.3 Å². The summed E-state index contributed by atoms with van der Waals surface area (Å²) in [5, 5.41) is 8.66. The van der Waals surface area contributed by atoms with Gasteiger partial charge in [0.2, 0.25) is 0 Å². The molecule has 1 atom stereocenters. The lowest BCUT2D eigenvalue weighted by Gasteiger charge is -2.34. The highest BCUT2D eigenvalue weighted by atomic mass is 16.5. The van der Waals surface area contributed by atoms with E-state index in [9.17, 15) is 4.79 Å². The van der Waals surface area contributed by atoms with Crippen LogP contribution in [-0.4, -0.2) is 45.7 Å². The normalized spacial score (nSPS) is 19.1. The summed E-state index contributed by atoms with van der Waals surface area (Å²) in [6, 6.07) is 6.33. The molecule has 28 heavy (non-hydrogen) atoms. The van der Waals surface area contributed by atoms with Crippen LogP contribution in [0.3, 0.4) is 0 Å². The maximum Gasteiger partial charge on any atom is 0.409 e. The van der Waals surface area contributed by atoms with Crippen molar-refractivity contribution in [2.45, 2.75) is 51.6 Å². The zero-order valence-corrected chi connectivity index (χ0v) is 16.5. The van der Waals surface area contributed by atoms with Gasteiger partial charge in [-0.15, -0.1) is 5.10 Å². The zero-order chi connectivity index (χ0) is 19.5. The molecule has 1 aliphatic carbocycles. The number of aryl methyl sites for hydroxylation is 1. The third-order valence-electron chi connectivity index (χ3n) is 5.47. The van der Waals surface area contributed by atoms with Gasteiger partial charge >= 0.3 is 6.09 Å². The van der Waals surface area contributed by atoms with Crippen molar-refractivity contribution in [2.24, 2.45) is 5.92 Å². The van der Waals surface area contributed by atoms with E-state index in [1.54, 1.807) is 0 Å². The summed E-state index contributed by atoms with van der Waals surface area (Å²) in [7, 11) is 1.43. The molecular weight excluding hydrogens is 352 g/mol. The maximum absolute atomic E-state index is 12.0. The van der Waals surface area contributed by atoms with E-state index < -0.39 is 0 Å². The first kappa shape index (κ1) is 18.5. The highest BCUT2D eigenvalue weighted by Crippen LogP contribution is 2.28. The number of hydrogen-bond donors (Lipinski definition) is 0. The van der Waals surface area contributed by atoms with Crippen LogP contribution in [0.5, 0.6) is 0 Å². The fourth-order valence-corrected chi connectivity index (χ4v) is 3.72. The fourth-order valence-electron chi connectivity index (χ4n) is 3.72. The van der Waals surface area contributed by atoms with Gasteiger partial charge in [-0.3, -0.25) is 0 Å². The largest absolute Gasteiger partial charge is 0.453 e. The molecule has 4 rings (SSSR count). The smallest absolute Gasteiger partial charge is 0.409 e. The predicted octanol–water partition coefficient (Wildman–Crippen LogP) is 3.64. The molecule has 0 unspecified atom stereocenters. The minimum absolute atomic E-state index is 0.0944. The molecule has 0 spiro atoms. The SMILES string of the molecule is COC(=O)N1CCCC[C@@H]1Cn1cc(-c2ccc(C#CC3CC3)cc2C)nn1. The van der Waals surface area contributed by atoms with Crippen molar-refractivity contribution in [1.29, 1.82) is 0 Å². The van der Waals surface area contributed by atoms with Gasteiger partial charge in [0, 0.05) is 23.6 Å². The Bertz CT molecular complexity index is 920. The van der Waals surface area contributed by atoms with E-state index in [1.807, 2.05) is 15.8 Å². The summed E-state index contributed by atoms with van der Waals surface area (Å²) in [5.74, 6) is 7.17. The second-order valence-corrected chi connectivity index (χ2v) is 7.71. The minimum atomic E-state index is -0.260. The summed E-state index contributed by atoms with van der Waals surface area (Å²) in [4.78, 5) is 13.8. The predicted molar refractivity (Wildman–Crippen MR) is 107 cm³/mol. The van der Waals surface area contributed by atoms with Crippen molar-refractivity contribution in [3.8, 4) is 23.1 Å². The van der Waals surface area contributed by atoms with E-state index in [0.29, 0.717) is 12.5 Å². The van der Waals surface area contributed by atoms with Gasteiger partial charge in [0.25, 0.3) is 0 Å². The Balaban J connectivity index is 1.48. The Morgan fingerprint density at radius 2 is 2.14 bits per heavy atom. The molecule has 146 valence electrons. The van der Waals surface area contributed by atoms with Crippen LogP contribution in [0.1, 0.15) is 43.2 Å². The van der Waals surface area contributed by atoms with E-state index in [2.05, 4.69) is 47.3 Å². The van der Waals surface area contributed by atoms with E-state index in [1.165, 1.54) is 20.0 Å². The average molecular weight is 378 g/mol. The number of carbonyl (C=O) groups excluding carboxylic acids is 1. The molecule has 1 aromatic carbocycles. The van der Waals surface area contributed by atoms with E-state index in [4.69, 9.17) is 4.74 Å². The molecule has 0 bridgehead atoms. The summed E-state index contributed by atoms with van der Waals surface area (Å²) in [6.45, 7) is 3.45. The number of benzene rings is 1. The first-order valence-electron chi connectivity index (χ1n) is 10.0. The summed E-state index contributed by atoms with van der Waals surface area (Å²) in [6.07, 6.45) is 7.26. The second kappa shape index (κ2) is 8.05. The van der Waals surface area contributed by atoms with Crippen LogP contribution < -0.4 is 0 Å². The molecule has 1 amide bonds. The Kier molecular flexibility index (Phi) is 5.34. The Labute approximate surface area is 165 Å². The summed E-state index contributed by atoms with van der Waals surface area (Å²) in [5.41, 5.74) is 4.11. The van der Waals surface area contributed by atoms with E-state index in [0.717, 1.165) is 48.2 Å². The number of rotatable bonds is 3. The van der Waals surface area contributed by atoms with Crippen molar-refractivity contribution < 1.29 is 9.53 Å². The molecular formula is C22H26N4O2. The van der Waals surface area contributed by atoms with Gasteiger partial charge in [-0.25, -0.2) is 9.48 Å². The lowest BCUT2D eigenvalue weighted by Crippen LogP contribution is -2.45. The number of ether oxygens (including phenoxy) is 1. The van der Waals surface area contributed by atoms with Gasteiger partial charge in [-0.1, -0.05) is 23.1 Å². The van der Waals surface area contributed by atoms with Crippen LogP contribution in [0, 0.1) is 24.7 Å². The van der Waals surface area contributed by atoms with Crippen molar-refractivity contribution in [1.82, 2.24) is 19.9 Å². The van der Waals surface area contributed by atoms with Crippen LogP contribution in [0.25, 0.3) is 11.3 Å². The van der Waals surface area contributed by atoms with E-state index in [-0.39, 0.29) is 12.1 Å². The van der Waals surface area contributed by atoms with Crippen molar-refractivity contribution in [3.63, 3.8) is 0 Å². The Hall–Kier alpha value is -2.81. The van der Waals surface area contributed by atoms with Gasteiger partial charge in [0.15, 0.2) is 0 Å². The topological polar surface area (TPSA) is 60.2 Å². The maximum atomic E-state index is 12.0. The number of likely N-dealkylation sites (tertiary alicyclic amines) is 1. The Morgan fingerprint density at radius 1 is 1.29 bits per heavy atom. The number of aromatic nitrogens is 3. The van der Waals surface area contributed by atoms with E-state index >= 15 is 0 Å². The quantitative estimate of drug-likeness (QED) is 0.765. The van der Waals surface area contributed by atoms with Gasteiger partial charge in [0.1, 0.15) is 5.69 Å². The fraction of sp³-hybridized carbons (Fsp3) is 0.500. The molecule has 2 fully saturated rings. The molecule has 0 radical (unpaired) electrons. The summed E-state index contributed by atoms with van der Waals surface area (Å²) < 4.78 is 6.76. The van der Waals surface area contributed by atoms with Crippen molar-refractivity contribution in [2.75, 3.05) is 13.7 Å². The third kappa shape index (κ3) is 4.19. The molecule has 2 aromatic rings. The lowest BCUT2D eigenvalue weighted by molar-refractivity contribution is 0.0828. The van der Waals surface area contributed by atoms with Crippen LogP contribution in [0.15, 0.2) is 24.4 Å². The first-order chi connectivity index (χ1) is 13.6. The van der Waals surface area contributed by atoms with Crippen molar-refractivity contribution in [3.05, 3.63) is 35.5 Å². The standard InChI is InChI=1S/C22H26N4O2/c1-16-13-18(9-8-17-6-7-17)10-11-20(16)21-15-25(24-23-21)14-19-5-3-4-12-26(19)22(27)28-2/h10-11,13,15,17,19H,3-7,12,14H2,1-2H3/t19-/m1/s1. The van der Waals surface area contributed by atoms with Gasteiger partial charge in [-0.05, 0) is 56.7 Å². The minimum Gasteiger partial charge on any atom is -0.453 e. The second-order valence-electron chi connectivity index (χ2n) is 7.71. The third-order valence-corrected chi connectivity index (χ3v) is 5.47. The molecule has 1 saturated heterocycles. The number of carbonyl (C=O) groups is 1. The monoisotopic (exact) mass is 378 g/mol. The molecule has 1 aromatic heterocycles.